The third-order valence-electron chi connectivity index (χ3n) is 3.28. The molecule has 0 radical (unpaired) electrons. The van der Waals surface area contributed by atoms with Crippen molar-refractivity contribution in [2.75, 3.05) is 11.5 Å². The summed E-state index contributed by atoms with van der Waals surface area (Å²) in [6, 6.07) is 19.7. The van der Waals surface area contributed by atoms with E-state index < -0.39 is 0 Å². The van der Waals surface area contributed by atoms with Gasteiger partial charge in [0.2, 0.25) is 0 Å². The zero-order valence-corrected chi connectivity index (χ0v) is 13.7. The van der Waals surface area contributed by atoms with E-state index in [2.05, 4.69) is 94.1 Å². The number of rotatable bonds is 2. The third kappa shape index (κ3) is 2.74. The quantitative estimate of drug-likeness (QED) is 0.699. The highest BCUT2D eigenvalue weighted by Crippen LogP contribution is 2.54. The minimum Gasteiger partial charge on any atom is -0.135 e. The number of benzene rings is 2. The second kappa shape index (κ2) is 5.94. The lowest BCUT2D eigenvalue weighted by atomic mass is 10.0. The summed E-state index contributed by atoms with van der Waals surface area (Å²) in [5.41, 5.74) is 2.81. The Hall–Kier alpha value is -0.380. The Kier molecular flexibility index (Phi) is 4.25. The van der Waals surface area contributed by atoms with E-state index in [0.29, 0.717) is 0 Å². The Morgan fingerprint density at radius 3 is 2.00 bits per heavy atom. The van der Waals surface area contributed by atoms with Gasteiger partial charge in [-0.25, -0.2) is 0 Å². The van der Waals surface area contributed by atoms with Crippen molar-refractivity contribution >= 4 is 39.5 Å². The summed E-state index contributed by atoms with van der Waals surface area (Å²) in [5.74, 6) is 2.47. The van der Waals surface area contributed by atoms with E-state index in [1.54, 1.807) is 0 Å². The molecule has 19 heavy (non-hydrogen) atoms. The maximum Gasteiger partial charge on any atom is 0.111 e. The Bertz CT molecular complexity index is 530. The molecule has 0 aromatic heterocycles. The summed E-state index contributed by atoms with van der Waals surface area (Å²) in [6.45, 7) is 0. The van der Waals surface area contributed by atoms with Crippen LogP contribution in [0.5, 0.6) is 0 Å². The second-order valence-corrected chi connectivity index (χ2v) is 8.33. The molecule has 1 fully saturated rings. The van der Waals surface area contributed by atoms with Crippen LogP contribution in [0.1, 0.15) is 17.5 Å². The van der Waals surface area contributed by atoms with Crippen molar-refractivity contribution in [3.05, 3.63) is 70.2 Å². The molecule has 0 spiro atoms. The van der Waals surface area contributed by atoms with Crippen LogP contribution in [0.25, 0.3) is 0 Å². The van der Waals surface area contributed by atoms with E-state index in [4.69, 9.17) is 0 Å². The van der Waals surface area contributed by atoms with Gasteiger partial charge in [-0.2, -0.15) is 0 Å². The van der Waals surface area contributed by atoms with Gasteiger partial charge >= 0.3 is 0 Å². The van der Waals surface area contributed by atoms with Gasteiger partial charge in [0.15, 0.2) is 0 Å². The first-order chi connectivity index (χ1) is 9.31. The van der Waals surface area contributed by atoms with E-state index in [9.17, 15) is 0 Å². The number of halogens is 1. The third-order valence-corrected chi connectivity index (χ3v) is 7.25. The smallest absolute Gasteiger partial charge is 0.111 e. The monoisotopic (exact) mass is 350 g/mol. The molecule has 0 N–H and O–H groups in total. The summed E-state index contributed by atoms with van der Waals surface area (Å²) < 4.78 is 1.21. The highest BCUT2D eigenvalue weighted by molar-refractivity contribution is 9.10. The molecule has 98 valence electrons. The molecule has 2 aromatic rings. The summed E-state index contributed by atoms with van der Waals surface area (Å²) in [5, 5.41) is 0. The largest absolute Gasteiger partial charge is 0.135 e. The first-order valence-corrected chi connectivity index (χ1v) is 9.17. The summed E-state index contributed by atoms with van der Waals surface area (Å²) in [4.78, 5) is 0. The zero-order chi connectivity index (χ0) is 13.1. The van der Waals surface area contributed by atoms with Crippen LogP contribution < -0.4 is 0 Å². The normalized spacial score (nSPS) is 18.2. The van der Waals surface area contributed by atoms with Gasteiger partial charge in [-0.05, 0) is 41.2 Å². The van der Waals surface area contributed by atoms with E-state index in [-0.39, 0.29) is 4.08 Å². The van der Waals surface area contributed by atoms with E-state index in [1.807, 2.05) is 0 Å². The minimum absolute atomic E-state index is 0.0697. The number of hydrogen-bond donors (Lipinski definition) is 0. The molecule has 1 saturated heterocycles. The Morgan fingerprint density at radius 1 is 0.789 bits per heavy atom. The van der Waals surface area contributed by atoms with Crippen LogP contribution in [0.2, 0.25) is 0 Å². The summed E-state index contributed by atoms with van der Waals surface area (Å²) in [7, 11) is 0. The van der Waals surface area contributed by atoms with Gasteiger partial charge in [0.1, 0.15) is 4.08 Å². The molecule has 1 heterocycles. The van der Waals surface area contributed by atoms with E-state index in [0.717, 1.165) is 4.47 Å². The van der Waals surface area contributed by atoms with Crippen LogP contribution in [0.4, 0.5) is 0 Å². The summed E-state index contributed by atoms with van der Waals surface area (Å²) >= 11 is 7.67. The van der Waals surface area contributed by atoms with E-state index >= 15 is 0 Å². The van der Waals surface area contributed by atoms with Crippen molar-refractivity contribution in [3.8, 4) is 0 Å². The molecule has 1 aliphatic heterocycles. The molecule has 0 atom stereocenters. The predicted octanol–water partition coefficient (Wildman–Crippen LogP) is 5.52. The van der Waals surface area contributed by atoms with Gasteiger partial charge in [0.05, 0.1) is 0 Å². The average Bonchev–Trinajstić information content (AvgIpc) is 2.49. The van der Waals surface area contributed by atoms with Gasteiger partial charge < -0.3 is 0 Å². The van der Waals surface area contributed by atoms with Crippen LogP contribution in [0.15, 0.2) is 59.1 Å². The van der Waals surface area contributed by atoms with Crippen molar-refractivity contribution in [1.82, 2.24) is 0 Å². The van der Waals surface area contributed by atoms with Crippen molar-refractivity contribution in [1.29, 1.82) is 0 Å². The van der Waals surface area contributed by atoms with Crippen LogP contribution in [-0.2, 0) is 4.08 Å². The Labute approximate surface area is 131 Å². The van der Waals surface area contributed by atoms with Crippen LogP contribution in [0, 0.1) is 0 Å². The maximum absolute atomic E-state index is 3.53. The molecule has 3 heteroatoms. The van der Waals surface area contributed by atoms with Gasteiger partial charge in [0.25, 0.3) is 0 Å². The first-order valence-electron chi connectivity index (χ1n) is 6.41. The molecule has 0 unspecified atom stereocenters. The number of thioether (sulfide) groups is 2. The van der Waals surface area contributed by atoms with Crippen LogP contribution in [-0.4, -0.2) is 11.5 Å². The fourth-order valence-corrected chi connectivity index (χ4v) is 6.00. The zero-order valence-electron chi connectivity index (χ0n) is 10.5. The van der Waals surface area contributed by atoms with Gasteiger partial charge in [-0.1, -0.05) is 58.4 Å². The van der Waals surface area contributed by atoms with Gasteiger partial charge in [0, 0.05) is 4.47 Å². The topological polar surface area (TPSA) is 0 Å². The van der Waals surface area contributed by atoms with Gasteiger partial charge in [-0.15, -0.1) is 23.5 Å². The van der Waals surface area contributed by atoms with Crippen LogP contribution >= 0.6 is 39.5 Å². The SMILES string of the molecule is Brc1ccc(C2(c3ccccc3)SCCCS2)cc1. The maximum atomic E-state index is 3.53. The molecule has 0 aliphatic carbocycles. The Morgan fingerprint density at radius 2 is 1.37 bits per heavy atom. The molecule has 2 aromatic carbocycles. The Balaban J connectivity index is 2.09. The molecule has 0 saturated carbocycles. The number of hydrogen-bond acceptors (Lipinski definition) is 2. The average molecular weight is 351 g/mol. The molecular weight excluding hydrogens is 336 g/mol. The van der Waals surface area contributed by atoms with E-state index in [1.165, 1.54) is 29.1 Å². The van der Waals surface area contributed by atoms with Crippen molar-refractivity contribution in [2.24, 2.45) is 0 Å². The molecular formula is C16H15BrS2. The second-order valence-electron chi connectivity index (χ2n) is 4.54. The molecule has 0 nitrogen and oxygen atoms in total. The fraction of sp³-hybridized carbons (Fsp3) is 0.250. The fourth-order valence-electron chi connectivity index (χ4n) is 2.36. The predicted molar refractivity (Wildman–Crippen MR) is 90.9 cm³/mol. The lowest BCUT2D eigenvalue weighted by molar-refractivity contribution is 1.00. The highest BCUT2D eigenvalue weighted by atomic mass is 79.9. The summed E-state index contributed by atoms with van der Waals surface area (Å²) in [6.07, 6.45) is 1.31. The lowest BCUT2D eigenvalue weighted by Crippen LogP contribution is -2.24. The van der Waals surface area contributed by atoms with Crippen molar-refractivity contribution < 1.29 is 0 Å². The molecule has 0 bridgehead atoms. The molecule has 3 rings (SSSR count). The minimum atomic E-state index is 0.0697. The van der Waals surface area contributed by atoms with Crippen molar-refractivity contribution in [3.63, 3.8) is 0 Å². The van der Waals surface area contributed by atoms with Crippen LogP contribution in [0.3, 0.4) is 0 Å². The standard InChI is InChI=1S/C16H15BrS2/c17-15-9-7-14(8-10-15)16(18-11-4-12-19-16)13-5-2-1-3-6-13/h1-3,5-10H,4,11-12H2. The lowest BCUT2D eigenvalue weighted by Gasteiger charge is -2.37. The first kappa shape index (κ1) is 13.6. The van der Waals surface area contributed by atoms with Crippen molar-refractivity contribution in [2.45, 2.75) is 10.5 Å². The molecule has 0 amide bonds. The molecule has 1 aliphatic rings. The van der Waals surface area contributed by atoms with Gasteiger partial charge in [-0.3, -0.25) is 0 Å². The highest BCUT2D eigenvalue weighted by Gasteiger charge is 2.37.